The van der Waals surface area contributed by atoms with Crippen LogP contribution in [0, 0.1) is 5.92 Å². The van der Waals surface area contributed by atoms with E-state index in [1.54, 1.807) is 4.57 Å². The molecule has 1 fully saturated rings. The third-order valence-electron chi connectivity index (χ3n) is 4.19. The van der Waals surface area contributed by atoms with Crippen molar-refractivity contribution in [3.05, 3.63) is 22.1 Å². The number of aromatic nitrogens is 2. The largest absolute Gasteiger partial charge is 0.393 e. The van der Waals surface area contributed by atoms with Gasteiger partial charge in [-0.1, -0.05) is 24.6 Å². The summed E-state index contributed by atoms with van der Waals surface area (Å²) < 4.78 is 1.55. The first-order valence-electron chi connectivity index (χ1n) is 7.35. The molecule has 0 bridgehead atoms. The van der Waals surface area contributed by atoms with E-state index in [2.05, 4.69) is 10.3 Å². The molecule has 0 spiro atoms. The number of fused-ring (bicyclic) bond motifs is 1. The first-order valence-corrected chi connectivity index (χ1v) is 8.34. The van der Waals surface area contributed by atoms with Crippen LogP contribution in [0.3, 0.4) is 0 Å². The Morgan fingerprint density at radius 3 is 3.10 bits per heavy atom. The van der Waals surface area contributed by atoms with Gasteiger partial charge < -0.3 is 10.4 Å². The molecule has 0 radical (unpaired) electrons. The van der Waals surface area contributed by atoms with E-state index in [9.17, 15) is 14.7 Å². The van der Waals surface area contributed by atoms with Gasteiger partial charge in [-0.05, 0) is 12.8 Å². The number of carbonyl (C=O) groups is 1. The molecular formula is C14H19N3O3S. The van der Waals surface area contributed by atoms with E-state index in [4.69, 9.17) is 0 Å². The van der Waals surface area contributed by atoms with E-state index in [1.165, 1.54) is 18.0 Å². The van der Waals surface area contributed by atoms with Crippen molar-refractivity contribution in [1.82, 2.24) is 14.9 Å². The second kappa shape index (κ2) is 6.19. The second-order valence-electron chi connectivity index (χ2n) is 5.58. The van der Waals surface area contributed by atoms with Gasteiger partial charge >= 0.3 is 0 Å². The van der Waals surface area contributed by atoms with Crippen LogP contribution in [0.1, 0.15) is 36.0 Å². The molecule has 7 heteroatoms. The van der Waals surface area contributed by atoms with E-state index in [0.717, 1.165) is 31.4 Å². The average Bonchev–Trinajstić information content (AvgIpc) is 2.96. The van der Waals surface area contributed by atoms with Gasteiger partial charge in [0.1, 0.15) is 5.56 Å². The van der Waals surface area contributed by atoms with E-state index >= 15 is 0 Å². The standard InChI is InChI=1S/C14H19N3O3S/c18-11-4-2-1-3-9(11)7-15-12(19)10-8-16-14-17(13(10)20)5-6-21-14/h8-9,11,18H,1-7H2,(H,15,19). The van der Waals surface area contributed by atoms with E-state index in [0.29, 0.717) is 18.2 Å². The molecule has 6 nitrogen and oxygen atoms in total. The number of aliphatic hydroxyl groups excluding tert-OH is 1. The van der Waals surface area contributed by atoms with Crippen molar-refractivity contribution >= 4 is 17.7 Å². The van der Waals surface area contributed by atoms with Crippen molar-refractivity contribution in [2.45, 2.75) is 43.5 Å². The molecule has 2 atom stereocenters. The minimum Gasteiger partial charge on any atom is -0.393 e. The number of amides is 1. The SMILES string of the molecule is O=C(NCC1CCCCC1O)c1cnc2n(c1=O)CCS2. The van der Waals surface area contributed by atoms with Gasteiger partial charge in [-0.3, -0.25) is 14.2 Å². The number of nitrogens with zero attached hydrogens (tertiary/aromatic N) is 2. The van der Waals surface area contributed by atoms with Crippen LogP contribution in [0.5, 0.6) is 0 Å². The molecule has 3 rings (SSSR count). The summed E-state index contributed by atoms with van der Waals surface area (Å²) in [5, 5.41) is 13.4. The molecule has 0 saturated heterocycles. The number of hydrogen-bond acceptors (Lipinski definition) is 5. The number of rotatable bonds is 3. The summed E-state index contributed by atoms with van der Waals surface area (Å²) in [5.41, 5.74) is -0.182. The predicted octanol–water partition coefficient (Wildman–Crippen LogP) is 0.630. The summed E-state index contributed by atoms with van der Waals surface area (Å²) in [6.07, 6.45) is 4.84. The van der Waals surface area contributed by atoms with Crippen LogP contribution in [0.4, 0.5) is 0 Å². The van der Waals surface area contributed by atoms with Crippen molar-refractivity contribution in [3.8, 4) is 0 Å². The third kappa shape index (κ3) is 2.98. The Balaban J connectivity index is 1.67. The van der Waals surface area contributed by atoms with Crippen LogP contribution in [0.25, 0.3) is 0 Å². The van der Waals surface area contributed by atoms with Gasteiger partial charge in [-0.25, -0.2) is 4.98 Å². The Morgan fingerprint density at radius 1 is 1.48 bits per heavy atom. The maximum absolute atomic E-state index is 12.2. The first-order chi connectivity index (χ1) is 10.2. The van der Waals surface area contributed by atoms with Crippen molar-refractivity contribution in [2.24, 2.45) is 5.92 Å². The van der Waals surface area contributed by atoms with Gasteiger partial charge in [0.15, 0.2) is 5.16 Å². The molecule has 21 heavy (non-hydrogen) atoms. The molecule has 1 aliphatic carbocycles. The molecule has 0 aromatic carbocycles. The van der Waals surface area contributed by atoms with Gasteiger partial charge in [0.2, 0.25) is 0 Å². The van der Waals surface area contributed by atoms with Crippen molar-refractivity contribution < 1.29 is 9.90 Å². The average molecular weight is 309 g/mol. The lowest BCUT2D eigenvalue weighted by Gasteiger charge is -2.27. The van der Waals surface area contributed by atoms with Gasteiger partial charge in [0, 0.05) is 31.0 Å². The summed E-state index contributed by atoms with van der Waals surface area (Å²) in [6, 6.07) is 0. The fourth-order valence-electron chi connectivity index (χ4n) is 2.92. The zero-order valence-electron chi connectivity index (χ0n) is 11.7. The maximum Gasteiger partial charge on any atom is 0.267 e. The number of thioether (sulfide) groups is 1. The molecule has 1 aliphatic heterocycles. The summed E-state index contributed by atoms with van der Waals surface area (Å²) in [6.45, 7) is 1.02. The van der Waals surface area contributed by atoms with Gasteiger partial charge in [0.25, 0.3) is 11.5 Å². The minimum absolute atomic E-state index is 0.0865. The molecule has 2 heterocycles. The number of hydrogen-bond donors (Lipinski definition) is 2. The lowest BCUT2D eigenvalue weighted by molar-refractivity contribution is 0.0662. The van der Waals surface area contributed by atoms with Crippen LogP contribution < -0.4 is 10.9 Å². The normalized spacial score (nSPS) is 24.6. The molecule has 1 aromatic heterocycles. The number of carbonyl (C=O) groups excluding carboxylic acids is 1. The smallest absolute Gasteiger partial charge is 0.267 e. The van der Waals surface area contributed by atoms with Gasteiger partial charge in [0.05, 0.1) is 6.10 Å². The maximum atomic E-state index is 12.2. The van der Waals surface area contributed by atoms with Gasteiger partial charge in [-0.15, -0.1) is 0 Å². The van der Waals surface area contributed by atoms with Gasteiger partial charge in [-0.2, -0.15) is 0 Å². The van der Waals surface area contributed by atoms with Crippen molar-refractivity contribution in [3.63, 3.8) is 0 Å². The molecule has 2 N–H and O–H groups in total. The van der Waals surface area contributed by atoms with Crippen LogP contribution in [-0.4, -0.2) is 39.0 Å². The van der Waals surface area contributed by atoms with Crippen LogP contribution in [0.15, 0.2) is 16.1 Å². The third-order valence-corrected chi connectivity index (χ3v) is 5.17. The van der Waals surface area contributed by atoms with Crippen molar-refractivity contribution in [2.75, 3.05) is 12.3 Å². The first kappa shape index (κ1) is 14.6. The highest BCUT2D eigenvalue weighted by Crippen LogP contribution is 2.24. The predicted molar refractivity (Wildman–Crippen MR) is 79.5 cm³/mol. The summed E-state index contributed by atoms with van der Waals surface area (Å²) >= 11 is 1.53. The number of aliphatic hydroxyl groups is 1. The highest BCUT2D eigenvalue weighted by molar-refractivity contribution is 7.99. The summed E-state index contributed by atoms with van der Waals surface area (Å²) in [5.74, 6) is 0.516. The molecule has 2 aliphatic rings. The lowest BCUT2D eigenvalue weighted by Crippen LogP contribution is -2.39. The second-order valence-corrected chi connectivity index (χ2v) is 6.64. The Labute approximate surface area is 127 Å². The molecule has 2 unspecified atom stereocenters. The Hall–Kier alpha value is -1.34. The highest BCUT2D eigenvalue weighted by Gasteiger charge is 2.25. The van der Waals surface area contributed by atoms with E-state index in [1.807, 2.05) is 0 Å². The fourth-order valence-corrected chi connectivity index (χ4v) is 3.83. The molecule has 1 aromatic rings. The van der Waals surface area contributed by atoms with E-state index < -0.39 is 5.91 Å². The fraction of sp³-hybridized carbons (Fsp3) is 0.643. The highest BCUT2D eigenvalue weighted by atomic mass is 32.2. The molecular weight excluding hydrogens is 290 g/mol. The Morgan fingerprint density at radius 2 is 2.29 bits per heavy atom. The number of nitrogens with one attached hydrogen (secondary N) is 1. The van der Waals surface area contributed by atoms with Crippen molar-refractivity contribution in [1.29, 1.82) is 0 Å². The quantitative estimate of drug-likeness (QED) is 0.800. The topological polar surface area (TPSA) is 84.2 Å². The zero-order valence-corrected chi connectivity index (χ0v) is 12.6. The monoisotopic (exact) mass is 309 g/mol. The molecule has 1 saturated carbocycles. The van der Waals surface area contributed by atoms with Crippen LogP contribution >= 0.6 is 11.8 Å². The Bertz CT molecular complexity index is 602. The zero-order chi connectivity index (χ0) is 14.8. The summed E-state index contributed by atoms with van der Waals surface area (Å²) in [7, 11) is 0. The molecule has 1 amide bonds. The molecule has 114 valence electrons. The lowest BCUT2D eigenvalue weighted by atomic mass is 9.86. The van der Waals surface area contributed by atoms with Crippen LogP contribution in [0.2, 0.25) is 0 Å². The minimum atomic E-state index is -0.391. The van der Waals surface area contributed by atoms with Crippen LogP contribution in [-0.2, 0) is 6.54 Å². The summed E-state index contributed by atoms with van der Waals surface area (Å²) in [4.78, 5) is 28.5. The Kier molecular flexibility index (Phi) is 4.30. The van der Waals surface area contributed by atoms with E-state index in [-0.39, 0.29) is 23.1 Å².